The first-order valence-electron chi connectivity index (χ1n) is 11.1. The smallest absolute Gasteiger partial charge is 0.279 e. The highest BCUT2D eigenvalue weighted by atomic mass is 16.5. The molecule has 30 heavy (non-hydrogen) atoms. The quantitative estimate of drug-likeness (QED) is 0.699. The summed E-state index contributed by atoms with van der Waals surface area (Å²) in [6.07, 6.45) is 0.937. The second-order valence-electron chi connectivity index (χ2n) is 8.28. The van der Waals surface area contributed by atoms with Gasteiger partial charge in [0.25, 0.3) is 5.91 Å². The monoisotopic (exact) mass is 411 g/mol. The lowest BCUT2D eigenvalue weighted by atomic mass is 9.98. The lowest BCUT2D eigenvalue weighted by Gasteiger charge is -2.27. The molecule has 5 heteroatoms. The van der Waals surface area contributed by atoms with Crippen molar-refractivity contribution in [2.24, 2.45) is 0 Å². The Morgan fingerprint density at radius 2 is 1.77 bits per heavy atom. The number of nitrogens with one attached hydrogen (secondary N) is 2. The molecule has 1 aliphatic rings. The Balaban J connectivity index is 1.71. The number of hydrogen-bond acceptors (Lipinski definition) is 3. The Morgan fingerprint density at radius 3 is 2.40 bits per heavy atom. The molecule has 0 saturated carbocycles. The largest absolute Gasteiger partial charge is 0.490 e. The van der Waals surface area contributed by atoms with Crippen molar-refractivity contribution < 1.29 is 19.2 Å². The number of fused-ring (bicyclic) bond motifs is 1. The van der Waals surface area contributed by atoms with E-state index in [0.717, 1.165) is 42.3 Å². The Hall–Kier alpha value is -2.53. The van der Waals surface area contributed by atoms with Crippen LogP contribution in [0.15, 0.2) is 30.3 Å². The molecule has 0 saturated heterocycles. The van der Waals surface area contributed by atoms with E-state index < -0.39 is 0 Å². The van der Waals surface area contributed by atoms with Crippen LogP contribution < -0.4 is 19.7 Å². The maximum absolute atomic E-state index is 12.9. The number of benzene rings is 2. The average Bonchev–Trinajstić information content (AvgIpc) is 2.70. The van der Waals surface area contributed by atoms with Gasteiger partial charge in [-0.15, -0.1) is 0 Å². The molecule has 2 aromatic carbocycles. The minimum atomic E-state index is 0.0700. The summed E-state index contributed by atoms with van der Waals surface area (Å²) in [6.45, 7) is 13.8. The van der Waals surface area contributed by atoms with Crippen LogP contribution in [0.5, 0.6) is 11.5 Å². The Morgan fingerprint density at radius 1 is 1.10 bits per heavy atom. The van der Waals surface area contributed by atoms with E-state index in [4.69, 9.17) is 9.47 Å². The van der Waals surface area contributed by atoms with Crippen LogP contribution in [-0.2, 0) is 17.8 Å². The molecule has 0 aromatic heterocycles. The van der Waals surface area contributed by atoms with Crippen LogP contribution in [0.1, 0.15) is 55.9 Å². The number of ether oxygens (including phenoxy) is 2. The van der Waals surface area contributed by atoms with Crippen LogP contribution in [0.3, 0.4) is 0 Å². The minimum absolute atomic E-state index is 0.0700. The normalized spacial score (nSPS) is 15.6. The second-order valence-corrected chi connectivity index (χ2v) is 8.28. The van der Waals surface area contributed by atoms with Crippen molar-refractivity contribution in [3.63, 3.8) is 0 Å². The summed E-state index contributed by atoms with van der Waals surface area (Å²) in [5, 5.41) is 3.18. The minimum Gasteiger partial charge on any atom is -0.490 e. The molecule has 0 spiro atoms. The molecule has 1 aliphatic heterocycles. The van der Waals surface area contributed by atoms with Crippen molar-refractivity contribution >= 4 is 11.6 Å². The lowest BCUT2D eigenvalue weighted by molar-refractivity contribution is -0.907. The zero-order valence-corrected chi connectivity index (χ0v) is 18.9. The molecular weight excluding hydrogens is 376 g/mol. The third-order valence-electron chi connectivity index (χ3n) is 5.66. The topological polar surface area (TPSA) is 52.0 Å². The summed E-state index contributed by atoms with van der Waals surface area (Å²) < 4.78 is 11.5. The lowest BCUT2D eigenvalue weighted by Crippen LogP contribution is -3.12. The summed E-state index contributed by atoms with van der Waals surface area (Å²) in [5.41, 5.74) is 5.81. The van der Waals surface area contributed by atoms with Crippen molar-refractivity contribution in [2.45, 2.75) is 53.5 Å². The fourth-order valence-corrected chi connectivity index (χ4v) is 4.15. The standard InChI is InChI=1S/C25H34N2O3/c1-6-29-22-13-19-11-12-27(15-20(19)14-23(22)30-7-2)16-24(28)26-25-18(5)9-8-10-21(25)17(3)4/h8-10,13-14,17H,6-7,11-12,15-16H2,1-5H3,(H,26,28)/p+1. The zero-order chi connectivity index (χ0) is 21.7. The first-order valence-corrected chi connectivity index (χ1v) is 11.1. The van der Waals surface area contributed by atoms with Crippen molar-refractivity contribution in [3.05, 3.63) is 52.6 Å². The maximum Gasteiger partial charge on any atom is 0.279 e. The fourth-order valence-electron chi connectivity index (χ4n) is 4.15. The van der Waals surface area contributed by atoms with Gasteiger partial charge in [-0.2, -0.15) is 0 Å². The number of rotatable bonds is 8. The van der Waals surface area contributed by atoms with E-state index in [1.807, 2.05) is 13.8 Å². The highest BCUT2D eigenvalue weighted by molar-refractivity contribution is 5.93. The molecular formula is C25H35N2O3+. The van der Waals surface area contributed by atoms with E-state index in [1.165, 1.54) is 21.6 Å². The van der Waals surface area contributed by atoms with E-state index in [2.05, 4.69) is 56.4 Å². The molecule has 3 rings (SSSR count). The summed E-state index contributed by atoms with van der Waals surface area (Å²) >= 11 is 0. The van der Waals surface area contributed by atoms with Gasteiger partial charge in [0, 0.05) is 17.7 Å². The highest BCUT2D eigenvalue weighted by Gasteiger charge is 2.25. The third kappa shape index (κ3) is 5.14. The number of hydrogen-bond donors (Lipinski definition) is 2. The number of carbonyl (C=O) groups is 1. The predicted octanol–water partition coefficient (Wildman–Crippen LogP) is 3.50. The van der Waals surface area contributed by atoms with Crippen LogP contribution in [0, 0.1) is 6.92 Å². The van der Waals surface area contributed by atoms with Gasteiger partial charge in [0.2, 0.25) is 0 Å². The Bertz CT molecular complexity index is 892. The van der Waals surface area contributed by atoms with Crippen LogP contribution in [0.25, 0.3) is 0 Å². The number of anilines is 1. The van der Waals surface area contributed by atoms with Crippen LogP contribution >= 0.6 is 0 Å². The van der Waals surface area contributed by atoms with Gasteiger partial charge in [-0.25, -0.2) is 0 Å². The Kier molecular flexibility index (Phi) is 7.38. The third-order valence-corrected chi connectivity index (χ3v) is 5.66. The predicted molar refractivity (Wildman–Crippen MR) is 121 cm³/mol. The van der Waals surface area contributed by atoms with Crippen molar-refractivity contribution in [2.75, 3.05) is 31.6 Å². The number of aryl methyl sites for hydroxylation is 1. The summed E-state index contributed by atoms with van der Waals surface area (Å²) in [5.74, 6) is 2.05. The van der Waals surface area contributed by atoms with Gasteiger partial charge in [0.15, 0.2) is 18.0 Å². The zero-order valence-electron chi connectivity index (χ0n) is 18.9. The summed E-state index contributed by atoms with van der Waals surface area (Å²) in [6, 6.07) is 10.4. The van der Waals surface area contributed by atoms with Crippen LogP contribution in [0.4, 0.5) is 5.69 Å². The number of quaternary nitrogens is 1. The van der Waals surface area contributed by atoms with Gasteiger partial charge in [-0.05, 0) is 55.5 Å². The van der Waals surface area contributed by atoms with Gasteiger partial charge in [-0.3, -0.25) is 4.79 Å². The molecule has 0 fully saturated rings. The van der Waals surface area contributed by atoms with E-state index in [9.17, 15) is 4.79 Å². The molecule has 1 heterocycles. The molecule has 1 atom stereocenters. The molecule has 2 aromatic rings. The maximum atomic E-state index is 12.9. The second kappa shape index (κ2) is 9.98. The molecule has 0 bridgehead atoms. The summed E-state index contributed by atoms with van der Waals surface area (Å²) in [4.78, 5) is 14.1. The first kappa shape index (κ1) is 22.2. The SMILES string of the molecule is CCOc1cc2c(cc1OCC)C[NH+](CC(=O)Nc1c(C)cccc1C(C)C)CC2. The fraction of sp³-hybridized carbons (Fsp3) is 0.480. The van der Waals surface area contributed by atoms with E-state index in [1.54, 1.807) is 0 Å². The molecule has 5 nitrogen and oxygen atoms in total. The number of amides is 1. The van der Waals surface area contributed by atoms with Crippen LogP contribution in [-0.4, -0.2) is 32.2 Å². The van der Waals surface area contributed by atoms with E-state index in [-0.39, 0.29) is 5.91 Å². The van der Waals surface area contributed by atoms with E-state index in [0.29, 0.717) is 25.7 Å². The number of para-hydroxylation sites is 1. The van der Waals surface area contributed by atoms with Crippen LogP contribution in [0.2, 0.25) is 0 Å². The van der Waals surface area contributed by atoms with Gasteiger partial charge < -0.3 is 19.7 Å². The molecule has 1 amide bonds. The molecule has 0 aliphatic carbocycles. The van der Waals surface area contributed by atoms with Gasteiger partial charge in [0.1, 0.15) is 6.54 Å². The molecule has 2 N–H and O–H groups in total. The van der Waals surface area contributed by atoms with Gasteiger partial charge >= 0.3 is 0 Å². The van der Waals surface area contributed by atoms with Crippen molar-refractivity contribution in [3.8, 4) is 11.5 Å². The molecule has 162 valence electrons. The average molecular weight is 412 g/mol. The highest BCUT2D eigenvalue weighted by Crippen LogP contribution is 2.32. The Labute approximate surface area is 180 Å². The molecule has 0 radical (unpaired) electrons. The number of carbonyl (C=O) groups excluding carboxylic acids is 1. The van der Waals surface area contributed by atoms with Gasteiger partial charge in [0.05, 0.1) is 19.8 Å². The summed E-state index contributed by atoms with van der Waals surface area (Å²) in [7, 11) is 0. The van der Waals surface area contributed by atoms with E-state index >= 15 is 0 Å². The van der Waals surface area contributed by atoms with Crippen molar-refractivity contribution in [1.29, 1.82) is 0 Å². The first-order chi connectivity index (χ1) is 14.4. The molecule has 1 unspecified atom stereocenters. The van der Waals surface area contributed by atoms with Gasteiger partial charge in [-0.1, -0.05) is 32.0 Å². The van der Waals surface area contributed by atoms with Crippen molar-refractivity contribution in [1.82, 2.24) is 0 Å².